The number of piperazine rings is 1. The molecule has 0 spiro atoms. The predicted octanol–water partition coefficient (Wildman–Crippen LogP) is 4.45. The lowest BCUT2D eigenvalue weighted by Crippen LogP contribution is -2.56. The summed E-state index contributed by atoms with van der Waals surface area (Å²) in [7, 11) is 0. The Morgan fingerprint density at radius 1 is 1.08 bits per heavy atom. The molecule has 1 aromatic rings. The number of nitrogens with zero attached hydrogens (tertiary/aromatic N) is 2. The van der Waals surface area contributed by atoms with Gasteiger partial charge in [0.25, 0.3) is 0 Å². The summed E-state index contributed by atoms with van der Waals surface area (Å²) in [5.74, 6) is 0. The van der Waals surface area contributed by atoms with E-state index in [0.717, 1.165) is 32.6 Å². The van der Waals surface area contributed by atoms with Crippen molar-refractivity contribution in [2.45, 2.75) is 51.5 Å². The van der Waals surface area contributed by atoms with Crippen molar-refractivity contribution in [1.82, 2.24) is 10.2 Å². The molecule has 0 atom stereocenters. The third kappa shape index (κ3) is 5.84. The number of hydrogen-bond acceptors (Lipinski definition) is 3. The van der Waals surface area contributed by atoms with Gasteiger partial charge in [-0.3, -0.25) is 0 Å². The first-order valence-electron chi connectivity index (χ1n) is 9.06. The van der Waals surface area contributed by atoms with Crippen LogP contribution in [0.3, 0.4) is 0 Å². The Bertz CT molecular complexity index is 587. The standard InChI is InChI=1S/C20H33N3OS/c1-19(2,3)15-20(4,5)21-18(24)23-13-11-22(12-14-23)16-9-7-8-10-17(16)25-6/h7-10H,11-15H2,1-6H3,(H,21,24). The van der Waals surface area contributed by atoms with Crippen molar-refractivity contribution < 1.29 is 4.79 Å². The molecular formula is C20H33N3OS. The zero-order valence-corrected chi connectivity index (χ0v) is 17.4. The van der Waals surface area contributed by atoms with Gasteiger partial charge in [0, 0.05) is 36.6 Å². The van der Waals surface area contributed by atoms with Crippen LogP contribution in [0.15, 0.2) is 29.2 Å². The molecule has 2 rings (SSSR count). The maximum atomic E-state index is 12.7. The van der Waals surface area contributed by atoms with Crippen molar-refractivity contribution in [3.63, 3.8) is 0 Å². The molecule has 1 heterocycles. The maximum absolute atomic E-state index is 12.7. The van der Waals surface area contributed by atoms with Crippen LogP contribution in [-0.4, -0.2) is 48.9 Å². The normalized spacial score (nSPS) is 16.1. The molecule has 1 aliphatic rings. The van der Waals surface area contributed by atoms with Crippen LogP contribution in [0.1, 0.15) is 41.0 Å². The second-order valence-electron chi connectivity index (χ2n) is 8.70. The van der Waals surface area contributed by atoms with E-state index in [1.807, 2.05) is 4.90 Å². The molecule has 0 bridgehead atoms. The molecule has 2 amide bonds. The summed E-state index contributed by atoms with van der Waals surface area (Å²) in [4.78, 5) is 18.3. The van der Waals surface area contributed by atoms with Crippen LogP contribution in [0.2, 0.25) is 0 Å². The number of anilines is 1. The number of carbonyl (C=O) groups is 1. The number of carbonyl (C=O) groups excluding carboxylic acids is 1. The van der Waals surface area contributed by atoms with E-state index in [9.17, 15) is 4.79 Å². The van der Waals surface area contributed by atoms with Crippen LogP contribution in [0.4, 0.5) is 10.5 Å². The summed E-state index contributed by atoms with van der Waals surface area (Å²) >= 11 is 1.77. The third-order valence-corrected chi connectivity index (χ3v) is 5.20. The highest BCUT2D eigenvalue weighted by Crippen LogP contribution is 2.29. The van der Waals surface area contributed by atoms with Crippen molar-refractivity contribution >= 4 is 23.5 Å². The van der Waals surface area contributed by atoms with Crippen LogP contribution in [0.5, 0.6) is 0 Å². The van der Waals surface area contributed by atoms with E-state index >= 15 is 0 Å². The van der Waals surface area contributed by atoms with Gasteiger partial charge in [0.05, 0.1) is 5.69 Å². The van der Waals surface area contributed by atoms with Gasteiger partial charge in [-0.1, -0.05) is 32.9 Å². The van der Waals surface area contributed by atoms with Crippen molar-refractivity contribution in [2.24, 2.45) is 5.41 Å². The minimum absolute atomic E-state index is 0.0621. The molecule has 5 heteroatoms. The molecule has 140 valence electrons. The topological polar surface area (TPSA) is 35.6 Å². The largest absolute Gasteiger partial charge is 0.367 e. The van der Waals surface area contributed by atoms with Crippen LogP contribution < -0.4 is 10.2 Å². The van der Waals surface area contributed by atoms with Gasteiger partial charge >= 0.3 is 6.03 Å². The van der Waals surface area contributed by atoms with Gasteiger partial charge in [-0.2, -0.15) is 0 Å². The van der Waals surface area contributed by atoms with Crippen molar-refractivity contribution in [3.05, 3.63) is 24.3 Å². The zero-order chi connectivity index (χ0) is 18.7. The number of rotatable bonds is 4. The predicted molar refractivity (Wildman–Crippen MR) is 109 cm³/mol. The summed E-state index contributed by atoms with van der Waals surface area (Å²) in [6.07, 6.45) is 3.06. The van der Waals surface area contributed by atoms with E-state index in [1.54, 1.807) is 11.8 Å². The molecule has 0 saturated carbocycles. The fourth-order valence-electron chi connectivity index (χ4n) is 3.78. The minimum atomic E-state index is -0.197. The Balaban J connectivity index is 1.92. The molecule has 1 N–H and O–H groups in total. The smallest absolute Gasteiger partial charge is 0.317 e. The van der Waals surface area contributed by atoms with E-state index in [1.165, 1.54) is 10.6 Å². The summed E-state index contributed by atoms with van der Waals surface area (Å²) in [6, 6.07) is 8.56. The van der Waals surface area contributed by atoms with Gasteiger partial charge in [0.15, 0.2) is 0 Å². The summed E-state index contributed by atoms with van der Waals surface area (Å²) in [6.45, 7) is 14.1. The third-order valence-electron chi connectivity index (χ3n) is 4.41. The average Bonchev–Trinajstić information content (AvgIpc) is 2.52. The molecule has 1 aliphatic heterocycles. The number of urea groups is 1. The number of nitrogens with one attached hydrogen (secondary N) is 1. The monoisotopic (exact) mass is 363 g/mol. The molecule has 1 fully saturated rings. The van der Waals surface area contributed by atoms with Crippen molar-refractivity contribution in [2.75, 3.05) is 37.3 Å². The van der Waals surface area contributed by atoms with Gasteiger partial charge in [0.1, 0.15) is 0 Å². The summed E-state index contributed by atoms with van der Waals surface area (Å²) in [5, 5.41) is 3.22. The highest BCUT2D eigenvalue weighted by Gasteiger charge is 2.30. The van der Waals surface area contributed by atoms with Gasteiger partial charge in [0.2, 0.25) is 0 Å². The maximum Gasteiger partial charge on any atom is 0.317 e. The van der Waals surface area contributed by atoms with Gasteiger partial charge in [-0.05, 0) is 44.1 Å². The first kappa shape index (κ1) is 20.0. The number of benzene rings is 1. The number of para-hydroxylation sites is 1. The van der Waals surface area contributed by atoms with Gasteiger partial charge in [-0.25, -0.2) is 4.79 Å². The lowest BCUT2D eigenvalue weighted by molar-refractivity contribution is 0.172. The Kier molecular flexibility index (Phi) is 6.30. The molecule has 0 radical (unpaired) electrons. The average molecular weight is 364 g/mol. The SMILES string of the molecule is CSc1ccccc1N1CCN(C(=O)NC(C)(C)CC(C)(C)C)CC1. The first-order valence-corrected chi connectivity index (χ1v) is 10.3. The first-order chi connectivity index (χ1) is 11.6. The molecule has 0 aliphatic carbocycles. The number of hydrogen-bond donors (Lipinski definition) is 1. The number of thioether (sulfide) groups is 1. The van der Waals surface area contributed by atoms with Crippen LogP contribution in [-0.2, 0) is 0 Å². The quantitative estimate of drug-likeness (QED) is 0.803. The zero-order valence-electron chi connectivity index (χ0n) is 16.6. The highest BCUT2D eigenvalue weighted by molar-refractivity contribution is 7.98. The molecule has 0 unspecified atom stereocenters. The van der Waals surface area contributed by atoms with E-state index in [4.69, 9.17) is 0 Å². The Morgan fingerprint density at radius 2 is 1.68 bits per heavy atom. The Labute approximate surface area is 157 Å². The van der Waals surface area contributed by atoms with E-state index in [0.29, 0.717) is 0 Å². The van der Waals surface area contributed by atoms with E-state index in [-0.39, 0.29) is 17.0 Å². The fourth-order valence-corrected chi connectivity index (χ4v) is 4.40. The second-order valence-corrected chi connectivity index (χ2v) is 9.55. The molecular weight excluding hydrogens is 330 g/mol. The van der Waals surface area contributed by atoms with Crippen molar-refractivity contribution in [3.8, 4) is 0 Å². The highest BCUT2D eigenvalue weighted by atomic mass is 32.2. The minimum Gasteiger partial charge on any atom is -0.367 e. The molecule has 25 heavy (non-hydrogen) atoms. The van der Waals surface area contributed by atoms with Gasteiger partial charge in [-0.15, -0.1) is 11.8 Å². The molecule has 0 aromatic heterocycles. The van der Waals surface area contributed by atoms with Crippen molar-refractivity contribution in [1.29, 1.82) is 0 Å². The number of amides is 2. The lowest BCUT2D eigenvalue weighted by Gasteiger charge is -2.39. The second kappa shape index (κ2) is 7.90. The van der Waals surface area contributed by atoms with E-state index < -0.39 is 0 Å². The lowest BCUT2D eigenvalue weighted by atomic mass is 9.82. The molecule has 1 saturated heterocycles. The Hall–Kier alpha value is -1.36. The van der Waals surface area contributed by atoms with E-state index in [2.05, 4.69) is 75.4 Å². The fraction of sp³-hybridized carbons (Fsp3) is 0.650. The van der Waals surface area contributed by atoms with Crippen LogP contribution >= 0.6 is 11.8 Å². The Morgan fingerprint density at radius 3 is 2.24 bits per heavy atom. The summed E-state index contributed by atoms with van der Waals surface area (Å²) < 4.78 is 0. The van der Waals surface area contributed by atoms with Crippen LogP contribution in [0, 0.1) is 5.41 Å². The molecule has 4 nitrogen and oxygen atoms in total. The van der Waals surface area contributed by atoms with Crippen LogP contribution in [0.25, 0.3) is 0 Å². The van der Waals surface area contributed by atoms with Gasteiger partial charge < -0.3 is 15.1 Å². The molecule has 1 aromatic carbocycles. The summed E-state index contributed by atoms with van der Waals surface area (Å²) in [5.41, 5.74) is 1.28.